The number of benzene rings is 4. The van der Waals surface area contributed by atoms with E-state index in [1.807, 2.05) is 6.20 Å². The monoisotopic (exact) mass is 511 g/mol. The van der Waals surface area contributed by atoms with E-state index in [9.17, 15) is 0 Å². The zero-order valence-electron chi connectivity index (χ0n) is 22.5. The zero-order valence-corrected chi connectivity index (χ0v) is 22.5. The van der Waals surface area contributed by atoms with Crippen LogP contribution in [-0.2, 0) is 13.0 Å². The third-order valence-electron chi connectivity index (χ3n) is 8.29. The van der Waals surface area contributed by atoms with E-state index in [2.05, 4.69) is 137 Å². The lowest BCUT2D eigenvalue weighted by molar-refractivity contribution is 0.119. The normalized spacial score (nSPS) is 18.0. The lowest BCUT2D eigenvalue weighted by atomic mass is 9.87. The number of hydrogen-bond acceptors (Lipinski definition) is 3. The quantitative estimate of drug-likeness (QED) is 0.226. The Hall–Kier alpha value is -3.79. The molecule has 4 aromatic carbocycles. The van der Waals surface area contributed by atoms with Crippen molar-refractivity contribution >= 4 is 10.9 Å². The van der Waals surface area contributed by atoms with Crippen molar-refractivity contribution < 1.29 is 0 Å². The Morgan fingerprint density at radius 3 is 2.10 bits per heavy atom. The SMILES string of the molecule is c1ccc(C[C@@H]2C[C@@H](NCc3ccnc4ccccc34)CCN2CC(c2ccccc2)c2ccccc2)cc1. The molecule has 196 valence electrons. The summed E-state index contributed by atoms with van der Waals surface area (Å²) in [5.74, 6) is 0.360. The molecule has 0 saturated carbocycles. The molecule has 0 radical (unpaired) electrons. The molecule has 1 aliphatic heterocycles. The Balaban J connectivity index is 1.21. The van der Waals surface area contributed by atoms with Gasteiger partial charge in [0.25, 0.3) is 0 Å². The number of pyridine rings is 1. The summed E-state index contributed by atoms with van der Waals surface area (Å²) < 4.78 is 0. The van der Waals surface area contributed by atoms with Gasteiger partial charge in [-0.1, -0.05) is 109 Å². The van der Waals surface area contributed by atoms with E-state index in [4.69, 9.17) is 0 Å². The number of likely N-dealkylation sites (tertiary alicyclic amines) is 1. The number of nitrogens with one attached hydrogen (secondary N) is 1. The van der Waals surface area contributed by atoms with Crippen LogP contribution < -0.4 is 5.32 Å². The van der Waals surface area contributed by atoms with Crippen molar-refractivity contribution in [2.75, 3.05) is 13.1 Å². The van der Waals surface area contributed by atoms with E-state index in [1.165, 1.54) is 27.6 Å². The first kappa shape index (κ1) is 25.5. The largest absolute Gasteiger partial charge is 0.310 e. The first-order valence-electron chi connectivity index (χ1n) is 14.3. The van der Waals surface area contributed by atoms with Gasteiger partial charge in [-0.2, -0.15) is 0 Å². The summed E-state index contributed by atoms with van der Waals surface area (Å²) in [5, 5.41) is 5.18. The maximum absolute atomic E-state index is 4.55. The molecule has 0 aliphatic carbocycles. The average molecular weight is 512 g/mol. The standard InChI is InChI=1S/C36H37N3/c1-4-12-28(13-5-1)24-33-25-32(38-26-31-20-22-37-36-19-11-10-18-34(31)36)21-23-39(33)27-35(29-14-6-2-7-15-29)30-16-8-3-9-17-30/h1-20,22,32-33,35,38H,21,23-27H2/t32-,33+/m0/s1. The van der Waals surface area contributed by atoms with Gasteiger partial charge in [-0.3, -0.25) is 9.88 Å². The lowest BCUT2D eigenvalue weighted by Crippen LogP contribution is -2.50. The number of aromatic nitrogens is 1. The second kappa shape index (κ2) is 12.4. The molecule has 39 heavy (non-hydrogen) atoms. The highest BCUT2D eigenvalue weighted by atomic mass is 15.2. The molecular formula is C36H37N3. The number of nitrogens with zero attached hydrogens (tertiary/aromatic N) is 2. The molecule has 5 aromatic rings. The van der Waals surface area contributed by atoms with Crippen molar-refractivity contribution in [1.82, 2.24) is 15.2 Å². The van der Waals surface area contributed by atoms with Crippen LogP contribution in [0.25, 0.3) is 10.9 Å². The summed E-state index contributed by atoms with van der Waals surface area (Å²) in [5.41, 5.74) is 6.61. The molecule has 0 bridgehead atoms. The van der Waals surface area contributed by atoms with E-state index >= 15 is 0 Å². The molecule has 1 saturated heterocycles. The van der Waals surface area contributed by atoms with Crippen molar-refractivity contribution in [1.29, 1.82) is 0 Å². The van der Waals surface area contributed by atoms with Crippen molar-refractivity contribution in [3.05, 3.63) is 150 Å². The molecule has 0 spiro atoms. The second-order valence-electron chi connectivity index (χ2n) is 10.8. The Morgan fingerprint density at radius 2 is 1.38 bits per heavy atom. The van der Waals surface area contributed by atoms with Crippen LogP contribution in [0.3, 0.4) is 0 Å². The predicted octanol–water partition coefficient (Wildman–Crippen LogP) is 7.23. The topological polar surface area (TPSA) is 28.2 Å². The molecule has 3 nitrogen and oxygen atoms in total. The maximum atomic E-state index is 4.55. The summed E-state index contributed by atoms with van der Waals surface area (Å²) in [6.07, 6.45) is 5.32. The van der Waals surface area contributed by atoms with Gasteiger partial charge in [0.15, 0.2) is 0 Å². The molecule has 1 aromatic heterocycles. The maximum Gasteiger partial charge on any atom is 0.0705 e. The van der Waals surface area contributed by atoms with Gasteiger partial charge in [0.2, 0.25) is 0 Å². The second-order valence-corrected chi connectivity index (χ2v) is 10.8. The minimum Gasteiger partial charge on any atom is -0.310 e. The van der Waals surface area contributed by atoms with Crippen molar-refractivity contribution in [2.45, 2.75) is 43.8 Å². The van der Waals surface area contributed by atoms with Crippen molar-refractivity contribution in [3.8, 4) is 0 Å². The minimum absolute atomic E-state index is 0.360. The van der Waals surface area contributed by atoms with E-state index in [1.54, 1.807) is 0 Å². The van der Waals surface area contributed by atoms with Crippen molar-refractivity contribution in [3.63, 3.8) is 0 Å². The fourth-order valence-corrected chi connectivity index (χ4v) is 6.20. The molecule has 2 atom stereocenters. The molecule has 1 aliphatic rings. The molecule has 6 rings (SSSR count). The highest BCUT2D eigenvalue weighted by Gasteiger charge is 2.31. The fourth-order valence-electron chi connectivity index (χ4n) is 6.20. The molecule has 2 heterocycles. The molecule has 3 heteroatoms. The highest BCUT2D eigenvalue weighted by Crippen LogP contribution is 2.30. The van der Waals surface area contributed by atoms with Gasteiger partial charge in [0, 0.05) is 42.7 Å². The van der Waals surface area contributed by atoms with Gasteiger partial charge in [-0.25, -0.2) is 0 Å². The number of para-hydroxylation sites is 1. The third kappa shape index (κ3) is 6.27. The van der Waals surface area contributed by atoms with Crippen LogP contribution in [0.4, 0.5) is 0 Å². The van der Waals surface area contributed by atoms with E-state index in [0.717, 1.165) is 44.4 Å². The number of piperidine rings is 1. The molecule has 1 N–H and O–H groups in total. The van der Waals surface area contributed by atoms with Crippen molar-refractivity contribution in [2.24, 2.45) is 0 Å². The van der Waals surface area contributed by atoms with Gasteiger partial charge >= 0.3 is 0 Å². The average Bonchev–Trinajstić information content (AvgIpc) is 3.01. The van der Waals surface area contributed by atoms with Gasteiger partial charge in [0.05, 0.1) is 5.52 Å². The van der Waals surface area contributed by atoms with Crippen LogP contribution in [0, 0.1) is 0 Å². The fraction of sp³-hybridized carbons (Fsp3) is 0.250. The van der Waals surface area contributed by atoms with Crippen LogP contribution in [0.15, 0.2) is 128 Å². The van der Waals surface area contributed by atoms with Crippen LogP contribution in [0.1, 0.15) is 41.0 Å². The Morgan fingerprint density at radius 1 is 0.744 bits per heavy atom. The minimum atomic E-state index is 0.360. The molecule has 0 unspecified atom stereocenters. The summed E-state index contributed by atoms with van der Waals surface area (Å²) in [4.78, 5) is 7.31. The zero-order chi connectivity index (χ0) is 26.3. The van der Waals surface area contributed by atoms with E-state index in [0.29, 0.717) is 18.0 Å². The molecule has 1 fully saturated rings. The first-order chi connectivity index (χ1) is 19.3. The Kier molecular flexibility index (Phi) is 8.09. The summed E-state index contributed by atoms with van der Waals surface area (Å²) in [7, 11) is 0. The number of fused-ring (bicyclic) bond motifs is 1. The highest BCUT2D eigenvalue weighted by molar-refractivity contribution is 5.81. The summed E-state index contributed by atoms with van der Waals surface area (Å²) in [6, 6.07) is 44.7. The van der Waals surface area contributed by atoms with Crippen LogP contribution in [0.5, 0.6) is 0 Å². The Labute approximate surface area is 232 Å². The van der Waals surface area contributed by atoms with Gasteiger partial charge < -0.3 is 5.32 Å². The smallest absolute Gasteiger partial charge is 0.0705 e. The van der Waals surface area contributed by atoms with Gasteiger partial charge in [-0.15, -0.1) is 0 Å². The molecular weight excluding hydrogens is 474 g/mol. The summed E-state index contributed by atoms with van der Waals surface area (Å²) in [6.45, 7) is 3.01. The van der Waals surface area contributed by atoms with Gasteiger partial charge in [-0.05, 0) is 60.2 Å². The molecule has 0 amide bonds. The lowest BCUT2D eigenvalue weighted by Gasteiger charge is -2.42. The summed E-state index contributed by atoms with van der Waals surface area (Å²) >= 11 is 0. The van der Waals surface area contributed by atoms with Crippen LogP contribution in [-0.4, -0.2) is 35.1 Å². The van der Waals surface area contributed by atoms with Gasteiger partial charge in [0.1, 0.15) is 0 Å². The Bertz CT molecular complexity index is 1410. The predicted molar refractivity (Wildman–Crippen MR) is 162 cm³/mol. The first-order valence-corrected chi connectivity index (χ1v) is 14.3. The number of hydrogen-bond donors (Lipinski definition) is 1. The van der Waals surface area contributed by atoms with E-state index < -0.39 is 0 Å². The third-order valence-corrected chi connectivity index (χ3v) is 8.29. The number of rotatable bonds is 9. The van der Waals surface area contributed by atoms with Crippen LogP contribution >= 0.6 is 0 Å². The van der Waals surface area contributed by atoms with E-state index in [-0.39, 0.29) is 0 Å². The van der Waals surface area contributed by atoms with Crippen LogP contribution in [0.2, 0.25) is 0 Å².